The van der Waals surface area contributed by atoms with Crippen molar-refractivity contribution in [3.8, 4) is 0 Å². The molecule has 4 aliphatic carbocycles. The summed E-state index contributed by atoms with van der Waals surface area (Å²) in [4.78, 5) is 22.9. The largest absolute Gasteiger partial charge is 0.466 e. The number of allylic oxidation sites excluding steroid dienone is 1. The molecule has 4 rings (SSSR count). The minimum absolute atomic E-state index is 0.151. The van der Waals surface area contributed by atoms with E-state index in [1.54, 1.807) is 0 Å². The summed E-state index contributed by atoms with van der Waals surface area (Å²) < 4.78 is 5.24. The molecule has 0 aromatic rings. The highest BCUT2D eigenvalue weighted by Crippen LogP contribution is 2.64. The Labute approximate surface area is 151 Å². The minimum Gasteiger partial charge on any atom is -0.466 e. The van der Waals surface area contributed by atoms with Gasteiger partial charge in [-0.2, -0.15) is 0 Å². The van der Waals surface area contributed by atoms with Crippen LogP contribution in [0.15, 0.2) is 11.6 Å². The molecule has 0 unspecified atom stereocenters. The molecule has 25 heavy (non-hydrogen) atoms. The molecule has 0 aromatic heterocycles. The van der Waals surface area contributed by atoms with Gasteiger partial charge in [-0.15, -0.1) is 0 Å². The van der Waals surface area contributed by atoms with Gasteiger partial charge < -0.3 is 4.74 Å². The van der Waals surface area contributed by atoms with Gasteiger partial charge in [0.2, 0.25) is 0 Å². The fraction of sp³-hybridized carbons (Fsp3) is 0.818. The van der Waals surface area contributed by atoms with E-state index in [4.69, 9.17) is 4.74 Å². The first-order valence-corrected chi connectivity index (χ1v) is 10.4. The number of carbonyl (C=O) groups is 2. The third kappa shape index (κ3) is 2.98. The summed E-state index contributed by atoms with van der Waals surface area (Å²) in [5.41, 5.74) is 1.91. The predicted octanol–water partition coefficient (Wildman–Crippen LogP) is 4.70. The van der Waals surface area contributed by atoms with Crippen LogP contribution in [0.25, 0.3) is 0 Å². The summed E-state index contributed by atoms with van der Waals surface area (Å²) in [5, 5.41) is 0. The quantitative estimate of drug-likeness (QED) is 0.697. The van der Waals surface area contributed by atoms with Crippen LogP contribution in [0.5, 0.6) is 0 Å². The van der Waals surface area contributed by atoms with Gasteiger partial charge in [0, 0.05) is 13.3 Å². The molecule has 0 heterocycles. The summed E-state index contributed by atoms with van der Waals surface area (Å²) in [6, 6.07) is 0. The molecule has 4 aliphatic rings. The number of fused-ring (bicyclic) bond motifs is 5. The first-order valence-electron chi connectivity index (χ1n) is 10.4. The molecule has 3 heteroatoms. The molecule has 3 saturated carbocycles. The lowest BCUT2D eigenvalue weighted by Gasteiger charge is -2.54. The van der Waals surface area contributed by atoms with Crippen LogP contribution in [0.3, 0.4) is 0 Å². The van der Waals surface area contributed by atoms with Crippen molar-refractivity contribution in [2.45, 2.75) is 71.6 Å². The van der Waals surface area contributed by atoms with E-state index in [1.165, 1.54) is 44.6 Å². The molecule has 3 nitrogen and oxygen atoms in total. The van der Waals surface area contributed by atoms with Crippen molar-refractivity contribution in [2.24, 2.45) is 35.0 Å². The maximum atomic E-state index is 11.8. The second kappa shape index (κ2) is 6.55. The van der Waals surface area contributed by atoms with Gasteiger partial charge in [0.1, 0.15) is 0 Å². The summed E-state index contributed by atoms with van der Waals surface area (Å²) in [5.74, 6) is 4.13. The lowest BCUT2D eigenvalue weighted by Crippen LogP contribution is -2.46. The van der Waals surface area contributed by atoms with Gasteiger partial charge in [-0.05, 0) is 92.4 Å². The zero-order valence-electron chi connectivity index (χ0n) is 15.8. The minimum atomic E-state index is -0.151. The Bertz CT molecular complexity index is 592. The Hall–Kier alpha value is -1.12. The van der Waals surface area contributed by atoms with Crippen molar-refractivity contribution in [1.82, 2.24) is 0 Å². The molecule has 0 amide bonds. The first-order chi connectivity index (χ1) is 12.0. The Kier molecular flexibility index (Phi) is 4.54. The summed E-state index contributed by atoms with van der Waals surface area (Å²) >= 11 is 0. The third-order valence-corrected chi connectivity index (χ3v) is 8.27. The van der Waals surface area contributed by atoms with Crippen LogP contribution in [-0.4, -0.2) is 18.4 Å². The Morgan fingerprint density at radius 1 is 1.16 bits per heavy atom. The summed E-state index contributed by atoms with van der Waals surface area (Å²) in [7, 11) is 0. The third-order valence-electron chi connectivity index (χ3n) is 8.27. The van der Waals surface area contributed by atoms with E-state index in [0.717, 1.165) is 43.4 Å². The molecule has 6 atom stereocenters. The van der Waals surface area contributed by atoms with Crippen LogP contribution >= 0.6 is 0 Å². The molecular formula is C22H32O3. The zero-order valence-corrected chi connectivity index (χ0v) is 15.8. The summed E-state index contributed by atoms with van der Waals surface area (Å²) in [6.07, 6.45) is 12.7. The van der Waals surface area contributed by atoms with Crippen molar-refractivity contribution in [3.63, 3.8) is 0 Å². The number of esters is 1. The van der Waals surface area contributed by atoms with Gasteiger partial charge in [-0.25, -0.2) is 0 Å². The van der Waals surface area contributed by atoms with Gasteiger partial charge in [-0.1, -0.05) is 12.5 Å². The van der Waals surface area contributed by atoms with Gasteiger partial charge >= 0.3 is 5.97 Å². The van der Waals surface area contributed by atoms with E-state index in [2.05, 4.69) is 6.92 Å². The number of carbonyl (C=O) groups excluding carboxylic acids is 2. The highest BCUT2D eigenvalue weighted by Gasteiger charge is 2.55. The maximum absolute atomic E-state index is 11.8. The second-order valence-electron chi connectivity index (χ2n) is 9.25. The lowest BCUT2D eigenvalue weighted by atomic mass is 9.51. The van der Waals surface area contributed by atoms with Gasteiger partial charge in [0.15, 0.2) is 5.78 Å². The number of ether oxygens (including phenoxy) is 1. The van der Waals surface area contributed by atoms with E-state index < -0.39 is 0 Å². The Balaban J connectivity index is 1.47. The molecule has 0 aromatic carbocycles. The molecule has 138 valence electrons. The van der Waals surface area contributed by atoms with E-state index in [-0.39, 0.29) is 5.97 Å². The van der Waals surface area contributed by atoms with Crippen LogP contribution in [-0.2, 0) is 14.3 Å². The van der Waals surface area contributed by atoms with Crippen molar-refractivity contribution >= 4 is 11.8 Å². The molecule has 0 radical (unpaired) electrons. The average Bonchev–Trinajstić information content (AvgIpc) is 2.91. The molecule has 0 saturated heterocycles. The standard InChI is InChI=1S/C22H32O3/c1-14(23)25-12-10-16-4-8-21-20-6-3-15-13-17(24)5-7-18(15)19(20)9-11-22(16,21)2/h13,16,18-21H,3-12H2,1-2H3/t16-,18+,19-,20-,21+,22-/m1/s1. The van der Waals surface area contributed by atoms with Crippen LogP contribution in [0.2, 0.25) is 0 Å². The summed E-state index contributed by atoms with van der Waals surface area (Å²) in [6.45, 7) is 4.62. The van der Waals surface area contributed by atoms with Gasteiger partial charge in [-0.3, -0.25) is 9.59 Å². The maximum Gasteiger partial charge on any atom is 0.302 e. The fourth-order valence-corrected chi connectivity index (χ4v) is 7.11. The normalized spacial score (nSPS) is 42.9. The SMILES string of the molecule is CC(=O)OCC[C@H]1CC[C@H]2[C@@H]3CCC4=CC(=O)CC[C@@H]4[C@H]3CC[C@]12C. The zero-order chi connectivity index (χ0) is 17.6. The smallest absolute Gasteiger partial charge is 0.302 e. The van der Waals surface area contributed by atoms with Crippen LogP contribution in [0.1, 0.15) is 71.6 Å². The monoisotopic (exact) mass is 344 g/mol. The van der Waals surface area contributed by atoms with Crippen molar-refractivity contribution in [3.05, 3.63) is 11.6 Å². The molecule has 0 aliphatic heterocycles. The second-order valence-corrected chi connectivity index (χ2v) is 9.25. The van der Waals surface area contributed by atoms with Crippen molar-refractivity contribution < 1.29 is 14.3 Å². The number of hydrogen-bond donors (Lipinski definition) is 0. The van der Waals surface area contributed by atoms with Crippen LogP contribution in [0, 0.1) is 35.0 Å². The topological polar surface area (TPSA) is 43.4 Å². The number of rotatable bonds is 3. The van der Waals surface area contributed by atoms with E-state index in [9.17, 15) is 9.59 Å². The van der Waals surface area contributed by atoms with E-state index >= 15 is 0 Å². The predicted molar refractivity (Wildman–Crippen MR) is 96.8 cm³/mol. The molecule has 3 fully saturated rings. The molecular weight excluding hydrogens is 312 g/mol. The van der Waals surface area contributed by atoms with E-state index in [0.29, 0.717) is 29.6 Å². The Morgan fingerprint density at radius 2 is 2.00 bits per heavy atom. The van der Waals surface area contributed by atoms with Crippen LogP contribution in [0.4, 0.5) is 0 Å². The fourth-order valence-electron chi connectivity index (χ4n) is 7.11. The first kappa shape index (κ1) is 17.3. The molecule has 0 N–H and O–H groups in total. The number of ketones is 1. The number of hydrogen-bond acceptors (Lipinski definition) is 3. The van der Waals surface area contributed by atoms with Gasteiger partial charge in [0.05, 0.1) is 6.61 Å². The highest BCUT2D eigenvalue weighted by atomic mass is 16.5. The van der Waals surface area contributed by atoms with Gasteiger partial charge in [0.25, 0.3) is 0 Å². The van der Waals surface area contributed by atoms with Crippen LogP contribution < -0.4 is 0 Å². The molecule has 0 spiro atoms. The van der Waals surface area contributed by atoms with Crippen molar-refractivity contribution in [2.75, 3.05) is 6.61 Å². The van der Waals surface area contributed by atoms with E-state index in [1.807, 2.05) is 6.08 Å². The molecule has 0 bridgehead atoms. The average molecular weight is 344 g/mol. The Morgan fingerprint density at radius 3 is 2.80 bits per heavy atom. The lowest BCUT2D eigenvalue weighted by molar-refractivity contribution is -0.141. The highest BCUT2D eigenvalue weighted by molar-refractivity contribution is 5.91. The van der Waals surface area contributed by atoms with Crippen molar-refractivity contribution in [1.29, 1.82) is 0 Å².